The van der Waals surface area contributed by atoms with Crippen molar-refractivity contribution in [2.75, 3.05) is 6.54 Å². The second-order valence-corrected chi connectivity index (χ2v) is 5.74. The number of nitrogens with one attached hydrogen (secondary N) is 1. The van der Waals surface area contributed by atoms with Crippen molar-refractivity contribution in [3.63, 3.8) is 0 Å². The molecule has 0 radical (unpaired) electrons. The fourth-order valence-electron chi connectivity index (χ4n) is 3.53. The highest BCUT2D eigenvalue weighted by Crippen LogP contribution is 2.37. The fraction of sp³-hybridized carbons (Fsp3) is 0.857. The molecule has 1 aliphatic heterocycles. The Balaban J connectivity index is 2.12. The van der Waals surface area contributed by atoms with E-state index < -0.39 is 0 Å². The van der Waals surface area contributed by atoms with Crippen LogP contribution in [0, 0.1) is 11.8 Å². The van der Waals surface area contributed by atoms with Crippen molar-refractivity contribution in [3.05, 3.63) is 0 Å². The van der Waals surface area contributed by atoms with Gasteiger partial charge in [-0.25, -0.2) is 0 Å². The first-order valence-electron chi connectivity index (χ1n) is 7.14. The van der Waals surface area contributed by atoms with Gasteiger partial charge < -0.3 is 10.2 Å². The molecule has 102 valence electrons. The van der Waals surface area contributed by atoms with E-state index in [-0.39, 0.29) is 17.9 Å². The largest absolute Gasteiger partial charge is 0.345 e. The van der Waals surface area contributed by atoms with E-state index in [2.05, 4.69) is 19.2 Å². The van der Waals surface area contributed by atoms with Crippen LogP contribution in [0.2, 0.25) is 0 Å². The van der Waals surface area contributed by atoms with Crippen molar-refractivity contribution in [2.24, 2.45) is 11.8 Å². The molecular formula is C14H24N2O2. The van der Waals surface area contributed by atoms with Gasteiger partial charge in [0.2, 0.25) is 11.8 Å². The number of hydrogen-bond acceptors (Lipinski definition) is 2. The van der Waals surface area contributed by atoms with Crippen molar-refractivity contribution in [1.29, 1.82) is 0 Å². The molecule has 2 fully saturated rings. The van der Waals surface area contributed by atoms with Crippen LogP contribution in [-0.2, 0) is 9.59 Å². The first-order chi connectivity index (χ1) is 8.54. The van der Waals surface area contributed by atoms with Crippen LogP contribution < -0.4 is 5.32 Å². The maximum atomic E-state index is 12.3. The molecule has 4 atom stereocenters. The lowest BCUT2D eigenvalue weighted by Gasteiger charge is -2.33. The van der Waals surface area contributed by atoms with Crippen LogP contribution in [0.3, 0.4) is 0 Å². The molecule has 0 spiro atoms. The predicted octanol–water partition coefficient (Wildman–Crippen LogP) is 1.55. The minimum Gasteiger partial charge on any atom is -0.345 e. The average molecular weight is 252 g/mol. The topological polar surface area (TPSA) is 49.4 Å². The quantitative estimate of drug-likeness (QED) is 0.810. The number of amides is 2. The third-order valence-electron chi connectivity index (χ3n) is 4.72. The van der Waals surface area contributed by atoms with Gasteiger partial charge in [0.25, 0.3) is 0 Å². The Kier molecular flexibility index (Phi) is 3.93. The van der Waals surface area contributed by atoms with E-state index in [1.807, 2.05) is 4.90 Å². The molecule has 4 unspecified atom stereocenters. The van der Waals surface area contributed by atoms with Crippen molar-refractivity contribution in [1.82, 2.24) is 10.2 Å². The standard InChI is InChI=1S/C14H24N2O2/c1-4-11-5-6-12(9(11)2)16-8-7-13(17)15-10(3)14(16)18/h9-12H,4-8H2,1-3H3,(H,15,17). The zero-order chi connectivity index (χ0) is 13.3. The lowest BCUT2D eigenvalue weighted by Crippen LogP contribution is -2.48. The van der Waals surface area contributed by atoms with Crippen LogP contribution in [0.5, 0.6) is 0 Å². The highest BCUT2D eigenvalue weighted by atomic mass is 16.2. The van der Waals surface area contributed by atoms with E-state index >= 15 is 0 Å². The molecule has 4 nitrogen and oxygen atoms in total. The summed E-state index contributed by atoms with van der Waals surface area (Å²) >= 11 is 0. The zero-order valence-electron chi connectivity index (χ0n) is 11.6. The van der Waals surface area contributed by atoms with Gasteiger partial charge in [0.05, 0.1) is 0 Å². The lowest BCUT2D eigenvalue weighted by molar-refractivity contribution is -0.135. The molecule has 1 aliphatic carbocycles. The van der Waals surface area contributed by atoms with Gasteiger partial charge >= 0.3 is 0 Å². The van der Waals surface area contributed by atoms with E-state index in [4.69, 9.17) is 0 Å². The third kappa shape index (κ3) is 2.38. The number of nitrogens with zero attached hydrogens (tertiary/aromatic N) is 1. The molecule has 0 bridgehead atoms. The molecule has 1 N–H and O–H groups in total. The van der Waals surface area contributed by atoms with Crippen molar-refractivity contribution in [2.45, 2.75) is 58.5 Å². The highest BCUT2D eigenvalue weighted by Gasteiger charge is 2.39. The summed E-state index contributed by atoms with van der Waals surface area (Å²) in [6.45, 7) is 6.85. The Bertz CT molecular complexity index is 343. The molecule has 0 aromatic carbocycles. The molecule has 0 aromatic rings. The number of carbonyl (C=O) groups excluding carboxylic acids is 2. The SMILES string of the molecule is CCC1CCC(N2CCC(=O)NC(C)C2=O)C1C. The minimum atomic E-state index is -0.368. The first-order valence-corrected chi connectivity index (χ1v) is 7.14. The number of carbonyl (C=O) groups is 2. The second-order valence-electron chi connectivity index (χ2n) is 5.74. The van der Waals surface area contributed by atoms with Crippen molar-refractivity contribution in [3.8, 4) is 0 Å². The molecule has 1 heterocycles. The third-order valence-corrected chi connectivity index (χ3v) is 4.72. The van der Waals surface area contributed by atoms with Gasteiger partial charge in [-0.15, -0.1) is 0 Å². The van der Waals surface area contributed by atoms with Gasteiger partial charge in [-0.05, 0) is 31.6 Å². The van der Waals surface area contributed by atoms with E-state index in [0.717, 1.165) is 12.3 Å². The van der Waals surface area contributed by atoms with Crippen molar-refractivity contribution >= 4 is 11.8 Å². The second kappa shape index (κ2) is 5.29. The summed E-state index contributed by atoms with van der Waals surface area (Å²) in [7, 11) is 0. The summed E-state index contributed by atoms with van der Waals surface area (Å²) in [4.78, 5) is 25.8. The smallest absolute Gasteiger partial charge is 0.245 e. The minimum absolute atomic E-state index is 0.00367. The van der Waals surface area contributed by atoms with E-state index in [1.165, 1.54) is 12.8 Å². The Labute approximate surface area is 109 Å². The van der Waals surface area contributed by atoms with Crippen LogP contribution in [0.4, 0.5) is 0 Å². The Morgan fingerprint density at radius 3 is 2.61 bits per heavy atom. The molecule has 2 rings (SSSR count). The lowest BCUT2D eigenvalue weighted by atomic mass is 9.92. The van der Waals surface area contributed by atoms with Gasteiger partial charge in [0, 0.05) is 19.0 Å². The number of rotatable bonds is 2. The maximum absolute atomic E-state index is 12.3. The van der Waals surface area contributed by atoms with E-state index in [1.54, 1.807) is 6.92 Å². The molecule has 2 amide bonds. The fourth-order valence-corrected chi connectivity index (χ4v) is 3.53. The Hall–Kier alpha value is -1.06. The molecule has 4 heteroatoms. The van der Waals surface area contributed by atoms with Crippen LogP contribution in [0.25, 0.3) is 0 Å². The molecule has 18 heavy (non-hydrogen) atoms. The van der Waals surface area contributed by atoms with Gasteiger partial charge in [0.15, 0.2) is 0 Å². The molecule has 1 saturated carbocycles. The van der Waals surface area contributed by atoms with E-state index in [0.29, 0.717) is 24.9 Å². The Morgan fingerprint density at radius 2 is 2.00 bits per heavy atom. The molecule has 1 saturated heterocycles. The summed E-state index contributed by atoms with van der Waals surface area (Å²) in [5.74, 6) is 1.37. The molecule has 0 aromatic heterocycles. The van der Waals surface area contributed by atoms with Crippen LogP contribution in [0.1, 0.15) is 46.5 Å². The summed E-state index contributed by atoms with van der Waals surface area (Å²) in [5.41, 5.74) is 0. The zero-order valence-corrected chi connectivity index (χ0v) is 11.6. The summed E-state index contributed by atoms with van der Waals surface area (Å²) < 4.78 is 0. The summed E-state index contributed by atoms with van der Waals surface area (Å²) in [6.07, 6.45) is 3.93. The number of hydrogen-bond donors (Lipinski definition) is 1. The first kappa shape index (κ1) is 13.4. The van der Waals surface area contributed by atoms with Gasteiger partial charge in [0.1, 0.15) is 6.04 Å². The van der Waals surface area contributed by atoms with Gasteiger partial charge in [-0.1, -0.05) is 20.3 Å². The molecule has 2 aliphatic rings. The van der Waals surface area contributed by atoms with Gasteiger partial charge in [-0.3, -0.25) is 9.59 Å². The monoisotopic (exact) mass is 252 g/mol. The van der Waals surface area contributed by atoms with Gasteiger partial charge in [-0.2, -0.15) is 0 Å². The average Bonchev–Trinajstić information content (AvgIpc) is 2.65. The summed E-state index contributed by atoms with van der Waals surface area (Å²) in [6, 6.07) is -0.0366. The Morgan fingerprint density at radius 1 is 1.28 bits per heavy atom. The van der Waals surface area contributed by atoms with Crippen LogP contribution >= 0.6 is 0 Å². The maximum Gasteiger partial charge on any atom is 0.245 e. The van der Waals surface area contributed by atoms with Crippen LogP contribution in [0.15, 0.2) is 0 Å². The van der Waals surface area contributed by atoms with E-state index in [9.17, 15) is 9.59 Å². The summed E-state index contributed by atoms with van der Waals surface area (Å²) in [5, 5.41) is 2.75. The van der Waals surface area contributed by atoms with Crippen LogP contribution in [-0.4, -0.2) is 35.3 Å². The molecular weight excluding hydrogens is 228 g/mol. The highest BCUT2D eigenvalue weighted by molar-refractivity contribution is 5.89. The predicted molar refractivity (Wildman–Crippen MR) is 69.9 cm³/mol. The normalized spacial score (nSPS) is 37.6. The van der Waals surface area contributed by atoms with Crippen molar-refractivity contribution < 1.29 is 9.59 Å².